The van der Waals surface area contributed by atoms with Crippen LogP contribution in [0.5, 0.6) is 0 Å². The molecule has 0 aliphatic carbocycles. The normalized spacial score (nSPS) is 10.9. The maximum atomic E-state index is 13.0. The van der Waals surface area contributed by atoms with Crippen LogP contribution in [-0.2, 0) is 13.0 Å². The molecule has 0 spiro atoms. The summed E-state index contributed by atoms with van der Waals surface area (Å²) in [7, 11) is 0. The van der Waals surface area contributed by atoms with E-state index in [1.807, 2.05) is 59.2 Å². The maximum Gasteiger partial charge on any atom is 0.251 e. The van der Waals surface area contributed by atoms with E-state index >= 15 is 0 Å². The second-order valence-corrected chi connectivity index (χ2v) is 7.26. The van der Waals surface area contributed by atoms with Gasteiger partial charge in [-0.1, -0.05) is 42.5 Å². The van der Waals surface area contributed by atoms with Crippen molar-refractivity contribution in [2.75, 3.05) is 6.54 Å². The van der Waals surface area contributed by atoms with Gasteiger partial charge in [-0.25, -0.2) is 9.37 Å². The number of carbonyl (C=O) groups excluding carboxylic acids is 2. The van der Waals surface area contributed by atoms with E-state index < -0.39 is 0 Å². The van der Waals surface area contributed by atoms with Crippen LogP contribution in [0.3, 0.4) is 0 Å². The van der Waals surface area contributed by atoms with Crippen LogP contribution in [0.2, 0.25) is 0 Å². The summed E-state index contributed by atoms with van der Waals surface area (Å²) in [5.41, 5.74) is 2.84. The fourth-order valence-corrected chi connectivity index (χ4v) is 3.50. The van der Waals surface area contributed by atoms with Crippen LogP contribution >= 0.6 is 0 Å². The highest BCUT2D eigenvalue weighted by molar-refractivity contribution is 5.96. The SMILES string of the molecule is O=C(Cn1c(CCCNC(=O)c2ccc(F)cc2)nc2ccccc21)c1ccccc1. The van der Waals surface area contributed by atoms with Crippen molar-refractivity contribution >= 4 is 22.7 Å². The molecule has 6 heteroatoms. The third-order valence-corrected chi connectivity index (χ3v) is 5.10. The Balaban J connectivity index is 1.43. The first-order chi connectivity index (χ1) is 15.1. The molecule has 156 valence electrons. The van der Waals surface area contributed by atoms with Crippen molar-refractivity contribution in [1.29, 1.82) is 0 Å². The van der Waals surface area contributed by atoms with E-state index in [1.54, 1.807) is 0 Å². The Bertz CT molecular complexity index is 1200. The third-order valence-electron chi connectivity index (χ3n) is 5.10. The molecule has 1 aromatic heterocycles. The van der Waals surface area contributed by atoms with Gasteiger partial charge in [0, 0.05) is 24.1 Å². The van der Waals surface area contributed by atoms with E-state index in [-0.39, 0.29) is 24.1 Å². The molecule has 0 atom stereocenters. The number of Topliss-reactive ketones (excluding diaryl/α,β-unsaturated/α-hetero) is 1. The van der Waals surface area contributed by atoms with E-state index in [9.17, 15) is 14.0 Å². The predicted octanol–water partition coefficient (Wildman–Crippen LogP) is 4.42. The second-order valence-electron chi connectivity index (χ2n) is 7.26. The Morgan fingerprint density at radius 2 is 1.58 bits per heavy atom. The molecule has 1 heterocycles. The van der Waals surface area contributed by atoms with E-state index in [1.165, 1.54) is 24.3 Å². The number of halogens is 1. The van der Waals surface area contributed by atoms with Gasteiger partial charge in [-0.2, -0.15) is 0 Å². The van der Waals surface area contributed by atoms with E-state index in [0.717, 1.165) is 16.9 Å². The topological polar surface area (TPSA) is 64.0 Å². The number of fused-ring (bicyclic) bond motifs is 1. The molecule has 0 saturated carbocycles. The molecule has 0 aliphatic rings. The van der Waals surface area contributed by atoms with Crippen LogP contribution in [0, 0.1) is 5.82 Å². The molecular weight excluding hydrogens is 393 g/mol. The second kappa shape index (κ2) is 9.34. The molecule has 1 N–H and O–H groups in total. The van der Waals surface area contributed by atoms with Gasteiger partial charge in [0.15, 0.2) is 5.78 Å². The van der Waals surface area contributed by atoms with Crippen LogP contribution in [-0.4, -0.2) is 27.8 Å². The number of aromatic nitrogens is 2. The van der Waals surface area contributed by atoms with Gasteiger partial charge in [0.1, 0.15) is 11.6 Å². The minimum Gasteiger partial charge on any atom is -0.352 e. The molecule has 0 unspecified atom stereocenters. The van der Waals surface area contributed by atoms with Crippen molar-refractivity contribution in [3.63, 3.8) is 0 Å². The largest absolute Gasteiger partial charge is 0.352 e. The summed E-state index contributed by atoms with van der Waals surface area (Å²) in [6.07, 6.45) is 1.27. The summed E-state index contributed by atoms with van der Waals surface area (Å²) in [4.78, 5) is 29.7. The summed E-state index contributed by atoms with van der Waals surface area (Å²) in [5.74, 6) is 0.212. The number of rotatable bonds is 8. The number of aryl methyl sites for hydroxylation is 1. The van der Waals surface area contributed by atoms with Gasteiger partial charge in [-0.05, 0) is 42.8 Å². The quantitative estimate of drug-likeness (QED) is 0.342. The zero-order valence-corrected chi connectivity index (χ0v) is 16.9. The van der Waals surface area contributed by atoms with Gasteiger partial charge in [0.25, 0.3) is 5.91 Å². The van der Waals surface area contributed by atoms with Crippen LogP contribution < -0.4 is 5.32 Å². The van der Waals surface area contributed by atoms with Crippen molar-refractivity contribution in [2.45, 2.75) is 19.4 Å². The van der Waals surface area contributed by atoms with Crippen LogP contribution in [0.25, 0.3) is 11.0 Å². The molecule has 0 fully saturated rings. The maximum absolute atomic E-state index is 13.0. The summed E-state index contributed by atoms with van der Waals surface area (Å²) < 4.78 is 15.0. The van der Waals surface area contributed by atoms with Crippen LogP contribution in [0.4, 0.5) is 4.39 Å². The molecule has 0 radical (unpaired) electrons. The van der Waals surface area contributed by atoms with Gasteiger partial charge < -0.3 is 9.88 Å². The Morgan fingerprint density at radius 3 is 2.35 bits per heavy atom. The van der Waals surface area contributed by atoms with Crippen molar-refractivity contribution < 1.29 is 14.0 Å². The summed E-state index contributed by atoms with van der Waals surface area (Å²) in [5, 5.41) is 2.84. The average molecular weight is 415 g/mol. The number of carbonyl (C=O) groups is 2. The van der Waals surface area contributed by atoms with Gasteiger partial charge in [-0.15, -0.1) is 0 Å². The van der Waals surface area contributed by atoms with Crippen molar-refractivity contribution in [3.05, 3.63) is 102 Å². The Morgan fingerprint density at radius 1 is 0.871 bits per heavy atom. The highest BCUT2D eigenvalue weighted by Crippen LogP contribution is 2.18. The van der Waals surface area contributed by atoms with Gasteiger partial charge >= 0.3 is 0 Å². The zero-order chi connectivity index (χ0) is 21.6. The predicted molar refractivity (Wildman–Crippen MR) is 118 cm³/mol. The minimum absolute atomic E-state index is 0.0228. The lowest BCUT2D eigenvalue weighted by Crippen LogP contribution is -2.25. The molecule has 4 aromatic rings. The monoisotopic (exact) mass is 415 g/mol. The lowest BCUT2D eigenvalue weighted by molar-refractivity contribution is 0.0951. The van der Waals surface area contributed by atoms with E-state index in [0.29, 0.717) is 30.5 Å². The molecule has 0 bridgehead atoms. The van der Waals surface area contributed by atoms with Crippen molar-refractivity contribution in [1.82, 2.24) is 14.9 Å². The minimum atomic E-state index is -0.375. The number of amides is 1. The van der Waals surface area contributed by atoms with Crippen molar-refractivity contribution in [3.8, 4) is 0 Å². The first-order valence-electron chi connectivity index (χ1n) is 10.2. The number of para-hydroxylation sites is 2. The molecular formula is C25H22FN3O2. The Labute approximate surface area is 179 Å². The summed E-state index contributed by atoms with van der Waals surface area (Å²) >= 11 is 0. The van der Waals surface area contributed by atoms with E-state index in [4.69, 9.17) is 4.98 Å². The molecule has 4 rings (SSSR count). The number of imidazole rings is 1. The number of nitrogens with one attached hydrogen (secondary N) is 1. The number of nitrogens with zero attached hydrogens (tertiary/aromatic N) is 2. The lowest BCUT2D eigenvalue weighted by atomic mass is 10.1. The molecule has 1 amide bonds. The van der Waals surface area contributed by atoms with Gasteiger partial charge in [-0.3, -0.25) is 9.59 Å². The first kappa shape index (κ1) is 20.5. The number of hydrogen-bond acceptors (Lipinski definition) is 3. The van der Waals surface area contributed by atoms with Gasteiger partial charge in [0.2, 0.25) is 0 Å². The highest BCUT2D eigenvalue weighted by Gasteiger charge is 2.15. The van der Waals surface area contributed by atoms with Gasteiger partial charge in [0.05, 0.1) is 17.6 Å². The van der Waals surface area contributed by atoms with Crippen LogP contribution in [0.15, 0.2) is 78.9 Å². The summed E-state index contributed by atoms with van der Waals surface area (Å²) in [6, 6.07) is 22.4. The lowest BCUT2D eigenvalue weighted by Gasteiger charge is -2.09. The Kier molecular flexibility index (Phi) is 6.17. The zero-order valence-electron chi connectivity index (χ0n) is 16.9. The first-order valence-corrected chi connectivity index (χ1v) is 10.2. The smallest absolute Gasteiger partial charge is 0.251 e. The number of hydrogen-bond donors (Lipinski definition) is 1. The number of benzene rings is 3. The Hall–Kier alpha value is -3.80. The molecule has 5 nitrogen and oxygen atoms in total. The summed E-state index contributed by atoms with van der Waals surface area (Å²) in [6.45, 7) is 0.661. The van der Waals surface area contributed by atoms with Crippen molar-refractivity contribution in [2.24, 2.45) is 0 Å². The van der Waals surface area contributed by atoms with Crippen LogP contribution in [0.1, 0.15) is 33.0 Å². The number of ketones is 1. The van der Waals surface area contributed by atoms with E-state index in [2.05, 4.69) is 5.32 Å². The highest BCUT2D eigenvalue weighted by atomic mass is 19.1. The molecule has 3 aromatic carbocycles. The molecule has 0 saturated heterocycles. The third kappa shape index (κ3) is 4.86. The average Bonchev–Trinajstić information content (AvgIpc) is 3.15. The standard InChI is InChI=1S/C25H22FN3O2/c26-20-14-12-19(13-15-20)25(31)27-16-6-11-24-28-21-9-4-5-10-22(21)29(24)17-23(30)18-7-2-1-3-8-18/h1-5,7-10,12-15H,6,11,16-17H2,(H,27,31). The fourth-order valence-electron chi connectivity index (χ4n) is 3.50. The molecule has 0 aliphatic heterocycles. The fraction of sp³-hybridized carbons (Fsp3) is 0.160. The molecule has 31 heavy (non-hydrogen) atoms.